The molecule has 0 spiro atoms. The van der Waals surface area contributed by atoms with Gasteiger partial charge in [-0.25, -0.2) is 9.97 Å². The van der Waals surface area contributed by atoms with E-state index < -0.39 is 6.10 Å². The Morgan fingerprint density at radius 1 is 0.983 bits per heavy atom. The van der Waals surface area contributed by atoms with Crippen molar-refractivity contribution in [1.82, 2.24) is 39.7 Å². The first-order chi connectivity index (χ1) is 28.7. The summed E-state index contributed by atoms with van der Waals surface area (Å²) in [5.74, 6) is 1.72. The molecule has 1 saturated heterocycles. The predicted octanol–water partition coefficient (Wildman–Crippen LogP) is 9.66. The molecule has 11 heteroatoms. The van der Waals surface area contributed by atoms with E-state index in [1.807, 2.05) is 35.6 Å². The molecule has 5 heterocycles. The second-order valence-electron chi connectivity index (χ2n) is 16.3. The molecule has 1 aliphatic heterocycles. The average Bonchev–Trinajstić information content (AvgIpc) is 4.03. The fraction of sp³-hybridized carbons (Fsp3) is 0.354. The number of hydrogen-bond donors (Lipinski definition) is 2. The molecule has 0 radical (unpaired) electrons. The Labute approximate surface area is 351 Å². The maximum atomic E-state index is 13.8. The number of imidazole rings is 2. The van der Waals surface area contributed by atoms with E-state index in [0.29, 0.717) is 18.2 Å². The molecule has 4 aromatic heterocycles. The number of aromatic nitrogens is 6. The number of aromatic amines is 2. The van der Waals surface area contributed by atoms with Crippen LogP contribution in [0.2, 0.25) is 5.15 Å². The quantitative estimate of drug-likeness (QED) is 0.119. The van der Waals surface area contributed by atoms with E-state index in [1.165, 1.54) is 44.5 Å². The molecular weight excluding hydrogens is 756 g/mol. The maximum absolute atomic E-state index is 13.8. The van der Waals surface area contributed by atoms with E-state index in [0.717, 1.165) is 96.9 Å². The van der Waals surface area contributed by atoms with Crippen LogP contribution in [0.5, 0.6) is 0 Å². The number of benzene rings is 2. The van der Waals surface area contributed by atoms with Crippen molar-refractivity contribution in [1.29, 1.82) is 0 Å². The number of allylic oxidation sites excluding steroid dienone is 1. The highest BCUT2D eigenvalue weighted by atomic mass is 35.5. The number of halogens is 1. The normalized spacial score (nSPS) is 16.5. The first kappa shape index (κ1) is 38.9. The molecule has 3 atom stereocenters. The van der Waals surface area contributed by atoms with Gasteiger partial charge in [0.1, 0.15) is 22.5 Å². The molecular formula is C48H51ClN8O2. The molecule has 2 aliphatic carbocycles. The molecule has 6 aromatic rings. The topological polar surface area (TPSA) is 116 Å². The molecule has 0 bridgehead atoms. The standard InChI is InChI=1S/C48H51ClN8O2/c1-6-18-56(30(4)29(3)38-25-51-17-15-28(38)2)27-41-54-44(46(49)55-41)37-22-33-13-11-31-20-36(21-32-12-14-34(23-37)43(33)42(31)32)39-26-52-47(53-39)40-10-8-19-57(40)48(58)45(59-5)35-9-7-16-50-24-35/h7,9,15-17,20-26,29,40,45H,4,6,8,10-14,18-19,27H2,1-3,5H3,(H,52,53)(H,54,55)/t29?,40-,45?/m0/s1. The fourth-order valence-electron chi connectivity index (χ4n) is 9.65. The molecule has 59 heavy (non-hydrogen) atoms. The van der Waals surface area contributed by atoms with Gasteiger partial charge in [0.25, 0.3) is 5.91 Å². The third-order valence-corrected chi connectivity index (χ3v) is 12.9. The highest BCUT2D eigenvalue weighted by Gasteiger charge is 2.37. The highest BCUT2D eigenvalue weighted by Crippen LogP contribution is 2.46. The lowest BCUT2D eigenvalue weighted by Crippen LogP contribution is -2.35. The molecule has 1 amide bonds. The summed E-state index contributed by atoms with van der Waals surface area (Å²) in [5, 5.41) is 0.568. The Kier molecular flexibility index (Phi) is 10.7. The molecule has 1 fully saturated rings. The monoisotopic (exact) mass is 806 g/mol. The minimum absolute atomic E-state index is 0.0611. The summed E-state index contributed by atoms with van der Waals surface area (Å²) in [6.07, 6.45) is 15.0. The molecule has 2 N–H and O–H groups in total. The molecule has 9 rings (SSSR count). The van der Waals surface area contributed by atoms with Gasteiger partial charge in [-0.2, -0.15) is 0 Å². The number of hydrogen-bond acceptors (Lipinski definition) is 7. The summed E-state index contributed by atoms with van der Waals surface area (Å²) in [6, 6.07) is 14.9. The Balaban J connectivity index is 0.949. The van der Waals surface area contributed by atoms with E-state index in [9.17, 15) is 4.79 Å². The van der Waals surface area contributed by atoms with Crippen LogP contribution < -0.4 is 0 Å². The van der Waals surface area contributed by atoms with Crippen molar-refractivity contribution in [2.45, 2.75) is 90.3 Å². The summed E-state index contributed by atoms with van der Waals surface area (Å²) in [7, 11) is 1.58. The average molecular weight is 807 g/mol. The largest absolute Gasteiger partial charge is 0.367 e. The van der Waals surface area contributed by atoms with Gasteiger partial charge in [-0.1, -0.05) is 38.1 Å². The molecule has 2 unspecified atom stereocenters. The lowest BCUT2D eigenvalue weighted by atomic mass is 9.74. The number of likely N-dealkylation sites (tertiary alicyclic amines) is 1. The molecule has 3 aliphatic rings. The van der Waals surface area contributed by atoms with Crippen molar-refractivity contribution in [2.75, 3.05) is 20.2 Å². The second kappa shape index (κ2) is 16.2. The number of aryl methyl sites for hydroxylation is 5. The van der Waals surface area contributed by atoms with Gasteiger partial charge < -0.3 is 24.5 Å². The number of amides is 1. The number of carbonyl (C=O) groups is 1. The summed E-state index contributed by atoms with van der Waals surface area (Å²) in [6.45, 7) is 13.2. The first-order valence-corrected chi connectivity index (χ1v) is 21.3. The van der Waals surface area contributed by atoms with Crippen molar-refractivity contribution in [3.05, 3.63) is 141 Å². The van der Waals surface area contributed by atoms with Crippen LogP contribution in [0.15, 0.2) is 85.7 Å². The number of nitrogens with zero attached hydrogens (tertiary/aromatic N) is 6. The van der Waals surface area contributed by atoms with Crippen LogP contribution in [0.4, 0.5) is 0 Å². The minimum Gasteiger partial charge on any atom is -0.367 e. The van der Waals surface area contributed by atoms with Crippen LogP contribution in [0, 0.1) is 6.92 Å². The molecule has 10 nitrogen and oxygen atoms in total. The molecule has 0 saturated carbocycles. The van der Waals surface area contributed by atoms with Crippen molar-refractivity contribution < 1.29 is 9.53 Å². The lowest BCUT2D eigenvalue weighted by Gasteiger charge is -2.30. The zero-order valence-corrected chi connectivity index (χ0v) is 35.1. The number of ether oxygens (including phenoxy) is 1. The Hall–Kier alpha value is -5.58. The highest BCUT2D eigenvalue weighted by molar-refractivity contribution is 6.32. The SMILES string of the molecule is C=C(C(C)c1cnccc1C)N(CCC)Cc1nc(-c2cc3c4c(c2)CCc2cc(-c5cnc([C@@H]6CCCN6C(=O)C(OC)c6cccnc6)[nH]5)cc(c2-4)CC3)c(Cl)[nH]1. The summed E-state index contributed by atoms with van der Waals surface area (Å²) in [4.78, 5) is 43.6. The van der Waals surface area contributed by atoms with E-state index in [4.69, 9.17) is 26.3 Å². The third kappa shape index (κ3) is 7.27. The van der Waals surface area contributed by atoms with Crippen molar-refractivity contribution in [3.8, 4) is 33.6 Å². The maximum Gasteiger partial charge on any atom is 0.257 e. The van der Waals surface area contributed by atoms with Gasteiger partial charge in [-0.05, 0) is 133 Å². The number of nitrogens with one attached hydrogen (secondary N) is 2. The van der Waals surface area contributed by atoms with Crippen molar-refractivity contribution >= 4 is 17.5 Å². The third-order valence-electron chi connectivity index (χ3n) is 12.7. The van der Waals surface area contributed by atoms with Gasteiger partial charge in [-0.15, -0.1) is 0 Å². The van der Waals surface area contributed by atoms with Crippen LogP contribution in [0.3, 0.4) is 0 Å². The van der Waals surface area contributed by atoms with E-state index in [2.05, 4.69) is 82.5 Å². The number of H-pyrrole nitrogens is 2. The number of carbonyl (C=O) groups excluding carboxylic acids is 1. The molecule has 2 aromatic carbocycles. The van der Waals surface area contributed by atoms with Crippen LogP contribution in [0.1, 0.15) is 102 Å². The Bertz CT molecular complexity index is 2490. The van der Waals surface area contributed by atoms with Gasteiger partial charge in [-0.3, -0.25) is 14.8 Å². The van der Waals surface area contributed by atoms with Crippen molar-refractivity contribution in [2.24, 2.45) is 0 Å². The van der Waals surface area contributed by atoms with Gasteiger partial charge in [0.15, 0.2) is 6.10 Å². The van der Waals surface area contributed by atoms with Gasteiger partial charge >= 0.3 is 0 Å². The lowest BCUT2D eigenvalue weighted by molar-refractivity contribution is -0.143. The van der Waals surface area contributed by atoms with Crippen LogP contribution in [-0.4, -0.2) is 65.8 Å². The van der Waals surface area contributed by atoms with E-state index >= 15 is 0 Å². The van der Waals surface area contributed by atoms with Gasteiger partial charge in [0.05, 0.1) is 24.5 Å². The Morgan fingerprint density at radius 3 is 2.32 bits per heavy atom. The number of rotatable bonds is 13. The second-order valence-corrected chi connectivity index (χ2v) is 16.7. The van der Waals surface area contributed by atoms with Crippen molar-refractivity contribution in [3.63, 3.8) is 0 Å². The zero-order valence-electron chi connectivity index (χ0n) is 34.3. The summed E-state index contributed by atoms with van der Waals surface area (Å²) in [5.41, 5.74) is 16.4. The van der Waals surface area contributed by atoms with Gasteiger partial charge in [0, 0.05) is 73.3 Å². The zero-order chi connectivity index (χ0) is 40.8. The van der Waals surface area contributed by atoms with E-state index in [-0.39, 0.29) is 17.9 Å². The number of methoxy groups -OCH3 is 1. The van der Waals surface area contributed by atoms with Crippen LogP contribution in [-0.2, 0) is 41.8 Å². The predicted molar refractivity (Wildman–Crippen MR) is 232 cm³/mol. The summed E-state index contributed by atoms with van der Waals surface area (Å²) < 4.78 is 5.68. The fourth-order valence-corrected chi connectivity index (χ4v) is 9.91. The van der Waals surface area contributed by atoms with Crippen LogP contribution in [0.25, 0.3) is 33.6 Å². The smallest absolute Gasteiger partial charge is 0.257 e. The van der Waals surface area contributed by atoms with E-state index in [1.54, 1.807) is 19.5 Å². The first-order valence-electron chi connectivity index (χ1n) is 20.9. The summed E-state index contributed by atoms with van der Waals surface area (Å²) >= 11 is 6.96. The Morgan fingerprint density at radius 2 is 1.68 bits per heavy atom. The minimum atomic E-state index is -0.699. The van der Waals surface area contributed by atoms with Crippen LogP contribution >= 0.6 is 11.6 Å². The molecule has 302 valence electrons. The number of pyridine rings is 2. The van der Waals surface area contributed by atoms with Gasteiger partial charge in [0.2, 0.25) is 0 Å².